The van der Waals surface area contributed by atoms with E-state index < -0.39 is 5.97 Å². The predicted octanol–water partition coefficient (Wildman–Crippen LogP) is 0.778. The minimum atomic E-state index is -1.12. The van der Waals surface area contributed by atoms with Crippen molar-refractivity contribution in [1.29, 1.82) is 0 Å². The average molecular weight is 252 g/mol. The van der Waals surface area contributed by atoms with E-state index in [1.165, 1.54) is 4.90 Å². The molecule has 2 heterocycles. The summed E-state index contributed by atoms with van der Waals surface area (Å²) in [6.07, 6.45) is 0.586. The minimum absolute atomic E-state index is 0.00109. The number of nitrogens with two attached hydrogens (primary N) is 1. The number of hydrogen-bond donors (Lipinski definition) is 2. The van der Waals surface area contributed by atoms with Gasteiger partial charge in [-0.05, 0) is 17.9 Å². The molecule has 2 rings (SSSR count). The lowest BCUT2D eigenvalue weighted by Gasteiger charge is -2.16. The van der Waals surface area contributed by atoms with Crippen LogP contribution in [0.4, 0.5) is 0 Å². The van der Waals surface area contributed by atoms with E-state index in [4.69, 9.17) is 10.8 Å². The Balaban J connectivity index is 2.06. The van der Waals surface area contributed by atoms with Crippen LogP contribution in [0.3, 0.4) is 0 Å². The van der Waals surface area contributed by atoms with E-state index in [1.807, 2.05) is 17.5 Å². The van der Waals surface area contributed by atoms with Crippen molar-refractivity contribution in [2.24, 2.45) is 5.73 Å². The Hall–Kier alpha value is -1.82. The van der Waals surface area contributed by atoms with E-state index in [1.54, 1.807) is 11.3 Å². The van der Waals surface area contributed by atoms with Crippen LogP contribution >= 0.6 is 11.3 Å². The van der Waals surface area contributed by atoms with E-state index in [0.717, 1.165) is 4.88 Å². The Kier molecular flexibility index (Phi) is 3.14. The first-order chi connectivity index (χ1) is 8.09. The maximum absolute atomic E-state index is 11.6. The van der Waals surface area contributed by atoms with Crippen molar-refractivity contribution < 1.29 is 14.7 Å². The fraction of sp³-hybridized carbons (Fsp3) is 0.273. The zero-order valence-corrected chi connectivity index (χ0v) is 9.87. The normalized spacial score (nSPS) is 15.8. The molecular formula is C11H12N2O3S. The number of nitrogens with zero attached hydrogens (tertiary/aromatic N) is 1. The monoisotopic (exact) mass is 252 g/mol. The van der Waals surface area contributed by atoms with E-state index >= 15 is 0 Å². The lowest BCUT2D eigenvalue weighted by atomic mass is 10.2. The first-order valence-electron chi connectivity index (χ1n) is 5.14. The third-order valence-corrected chi connectivity index (χ3v) is 3.59. The lowest BCUT2D eigenvalue weighted by Crippen LogP contribution is -2.31. The number of amides is 1. The van der Waals surface area contributed by atoms with Crippen LogP contribution in [-0.2, 0) is 16.0 Å². The van der Waals surface area contributed by atoms with Crippen LogP contribution in [0.15, 0.2) is 28.9 Å². The summed E-state index contributed by atoms with van der Waals surface area (Å²) in [6.45, 7) is 0.432. The van der Waals surface area contributed by atoms with Crippen molar-refractivity contribution in [3.05, 3.63) is 33.8 Å². The number of rotatable bonds is 4. The highest BCUT2D eigenvalue weighted by molar-refractivity contribution is 7.09. The second kappa shape index (κ2) is 4.58. The zero-order valence-electron chi connectivity index (χ0n) is 9.05. The van der Waals surface area contributed by atoms with Gasteiger partial charge in [0, 0.05) is 11.4 Å². The summed E-state index contributed by atoms with van der Waals surface area (Å²) in [5, 5.41) is 10.8. The standard InChI is InChI=1S/C11H12N2O3S/c12-10-8(11(15)16)6-9(14)13(10)4-3-7-2-1-5-17-7/h1-2,5H,3-4,6,12H2,(H,15,16). The summed E-state index contributed by atoms with van der Waals surface area (Å²) in [5.74, 6) is -1.27. The molecule has 1 aromatic heterocycles. The van der Waals surface area contributed by atoms with Crippen LogP contribution in [0.2, 0.25) is 0 Å². The van der Waals surface area contributed by atoms with Gasteiger partial charge in [0.25, 0.3) is 0 Å². The molecule has 0 atom stereocenters. The fourth-order valence-corrected chi connectivity index (χ4v) is 2.44. The Bertz CT molecular complexity index is 479. The zero-order chi connectivity index (χ0) is 12.4. The topological polar surface area (TPSA) is 83.6 Å². The van der Waals surface area contributed by atoms with Crippen molar-refractivity contribution in [2.75, 3.05) is 6.54 Å². The Morgan fingerprint density at radius 1 is 1.59 bits per heavy atom. The summed E-state index contributed by atoms with van der Waals surface area (Å²) in [7, 11) is 0. The van der Waals surface area contributed by atoms with Gasteiger partial charge in [0.15, 0.2) is 0 Å². The van der Waals surface area contributed by atoms with Gasteiger partial charge in [0.1, 0.15) is 5.82 Å². The average Bonchev–Trinajstić information content (AvgIpc) is 2.86. The fourth-order valence-electron chi connectivity index (χ4n) is 1.74. The molecule has 90 valence electrons. The summed E-state index contributed by atoms with van der Waals surface area (Å²) in [6, 6.07) is 3.91. The molecule has 1 amide bonds. The van der Waals surface area contributed by atoms with Crippen LogP contribution in [0.25, 0.3) is 0 Å². The molecule has 0 bridgehead atoms. The Morgan fingerprint density at radius 3 is 2.88 bits per heavy atom. The summed E-state index contributed by atoms with van der Waals surface area (Å²) in [5.41, 5.74) is 5.66. The Morgan fingerprint density at radius 2 is 2.35 bits per heavy atom. The number of carbonyl (C=O) groups excluding carboxylic acids is 1. The molecule has 0 saturated heterocycles. The molecule has 0 fully saturated rings. The van der Waals surface area contributed by atoms with Gasteiger partial charge in [-0.25, -0.2) is 4.79 Å². The molecule has 1 aromatic rings. The van der Waals surface area contributed by atoms with Gasteiger partial charge in [-0.3, -0.25) is 9.69 Å². The predicted molar refractivity (Wildman–Crippen MR) is 63.2 cm³/mol. The first kappa shape index (κ1) is 11.7. The molecule has 0 spiro atoms. The van der Waals surface area contributed by atoms with Gasteiger partial charge >= 0.3 is 5.97 Å². The summed E-state index contributed by atoms with van der Waals surface area (Å²) >= 11 is 1.60. The molecule has 3 N–H and O–H groups in total. The van der Waals surface area contributed by atoms with Crippen molar-refractivity contribution in [3.8, 4) is 0 Å². The van der Waals surface area contributed by atoms with Crippen LogP contribution < -0.4 is 5.73 Å². The highest BCUT2D eigenvalue weighted by atomic mass is 32.1. The lowest BCUT2D eigenvalue weighted by molar-refractivity contribution is -0.134. The summed E-state index contributed by atoms with van der Waals surface area (Å²) < 4.78 is 0. The van der Waals surface area contributed by atoms with Crippen molar-refractivity contribution >= 4 is 23.2 Å². The van der Waals surface area contributed by atoms with Gasteiger partial charge in [0.2, 0.25) is 5.91 Å². The van der Waals surface area contributed by atoms with Gasteiger partial charge in [0.05, 0.1) is 12.0 Å². The highest BCUT2D eigenvalue weighted by Crippen LogP contribution is 2.21. The molecule has 1 aliphatic rings. The van der Waals surface area contributed by atoms with Gasteiger partial charge in [-0.1, -0.05) is 6.07 Å². The highest BCUT2D eigenvalue weighted by Gasteiger charge is 2.31. The molecular weight excluding hydrogens is 240 g/mol. The molecule has 1 aliphatic heterocycles. The second-order valence-electron chi connectivity index (χ2n) is 3.72. The molecule has 0 unspecified atom stereocenters. The van der Waals surface area contributed by atoms with Crippen molar-refractivity contribution in [3.63, 3.8) is 0 Å². The second-order valence-corrected chi connectivity index (χ2v) is 4.75. The SMILES string of the molecule is NC1=C(C(=O)O)CC(=O)N1CCc1cccs1. The first-order valence-corrected chi connectivity index (χ1v) is 6.02. The molecule has 0 aliphatic carbocycles. The number of carbonyl (C=O) groups is 2. The third-order valence-electron chi connectivity index (χ3n) is 2.65. The van der Waals surface area contributed by atoms with E-state index in [-0.39, 0.29) is 23.7 Å². The minimum Gasteiger partial charge on any atom is -0.478 e. The molecule has 0 saturated carbocycles. The van der Waals surface area contributed by atoms with E-state index in [9.17, 15) is 9.59 Å². The molecule has 0 aromatic carbocycles. The maximum Gasteiger partial charge on any atom is 0.335 e. The molecule has 17 heavy (non-hydrogen) atoms. The van der Waals surface area contributed by atoms with Gasteiger partial charge < -0.3 is 10.8 Å². The van der Waals surface area contributed by atoms with E-state index in [2.05, 4.69) is 0 Å². The largest absolute Gasteiger partial charge is 0.478 e. The van der Waals surface area contributed by atoms with Crippen LogP contribution in [0.5, 0.6) is 0 Å². The van der Waals surface area contributed by atoms with Crippen LogP contribution in [-0.4, -0.2) is 28.4 Å². The number of carboxylic acids is 1. The number of aliphatic carboxylic acids is 1. The van der Waals surface area contributed by atoms with Crippen LogP contribution in [0, 0.1) is 0 Å². The quantitative estimate of drug-likeness (QED) is 0.829. The molecule has 6 heteroatoms. The smallest absolute Gasteiger partial charge is 0.335 e. The third kappa shape index (κ3) is 2.31. The number of thiophene rings is 1. The number of hydrogen-bond acceptors (Lipinski definition) is 4. The van der Waals surface area contributed by atoms with Crippen molar-refractivity contribution in [1.82, 2.24) is 4.90 Å². The van der Waals surface area contributed by atoms with Gasteiger partial charge in [-0.15, -0.1) is 11.3 Å². The van der Waals surface area contributed by atoms with E-state index in [0.29, 0.717) is 13.0 Å². The summed E-state index contributed by atoms with van der Waals surface area (Å²) in [4.78, 5) is 24.9. The van der Waals surface area contributed by atoms with Crippen molar-refractivity contribution in [2.45, 2.75) is 12.8 Å². The van der Waals surface area contributed by atoms with Crippen LogP contribution in [0.1, 0.15) is 11.3 Å². The Labute approximate surface area is 102 Å². The maximum atomic E-state index is 11.6. The molecule has 0 radical (unpaired) electrons. The molecule has 5 nitrogen and oxygen atoms in total. The van der Waals surface area contributed by atoms with Gasteiger partial charge in [-0.2, -0.15) is 0 Å². The number of carboxylic acid groups (broad SMARTS) is 1.